The average Bonchev–Trinajstić information content (AvgIpc) is 2.50. The fourth-order valence-electron chi connectivity index (χ4n) is 3.12. The van der Waals surface area contributed by atoms with Crippen LogP contribution in [0.1, 0.15) is 51.4 Å². The number of aliphatic hydroxyl groups excluding tert-OH is 1. The van der Waals surface area contributed by atoms with Crippen molar-refractivity contribution in [2.45, 2.75) is 63.6 Å². The number of amides is 1. The van der Waals surface area contributed by atoms with Crippen molar-refractivity contribution >= 4 is 5.91 Å². The summed E-state index contributed by atoms with van der Waals surface area (Å²) < 4.78 is 5.84. The third-order valence-electron chi connectivity index (χ3n) is 4.47. The largest absolute Gasteiger partial charge is 0.393 e. The number of ether oxygens (including phenoxy) is 1. The lowest BCUT2D eigenvalue weighted by Gasteiger charge is -2.28. The van der Waals surface area contributed by atoms with Crippen LogP contribution in [0.5, 0.6) is 0 Å². The Morgan fingerprint density at radius 2 is 1.86 bits per heavy atom. The molecule has 5 nitrogen and oxygen atoms in total. The summed E-state index contributed by atoms with van der Waals surface area (Å²) in [5.74, 6) is 0.0871. The summed E-state index contributed by atoms with van der Waals surface area (Å²) >= 11 is 0. The molecule has 1 aliphatic heterocycles. The Balaban J connectivity index is 1.45. The van der Waals surface area contributed by atoms with Crippen LogP contribution in [0.25, 0.3) is 0 Å². The SMILES string of the molecule is O=C(CN1CCC(O)CC1)NCCCOC1CCCCC1. The molecule has 2 aliphatic rings. The van der Waals surface area contributed by atoms with E-state index in [1.165, 1.54) is 32.1 Å². The predicted octanol–water partition coefficient (Wildman–Crippen LogP) is 1.30. The Morgan fingerprint density at radius 3 is 2.57 bits per heavy atom. The topological polar surface area (TPSA) is 61.8 Å². The van der Waals surface area contributed by atoms with Crippen molar-refractivity contribution in [3.63, 3.8) is 0 Å². The highest BCUT2D eigenvalue weighted by atomic mass is 16.5. The zero-order valence-corrected chi connectivity index (χ0v) is 13.1. The first-order valence-electron chi connectivity index (χ1n) is 8.53. The molecule has 2 fully saturated rings. The van der Waals surface area contributed by atoms with Crippen LogP contribution >= 0.6 is 0 Å². The van der Waals surface area contributed by atoms with Crippen LogP contribution in [0.2, 0.25) is 0 Å². The molecule has 1 heterocycles. The van der Waals surface area contributed by atoms with Gasteiger partial charge in [0.1, 0.15) is 0 Å². The smallest absolute Gasteiger partial charge is 0.234 e. The Labute approximate surface area is 128 Å². The number of piperidine rings is 1. The summed E-state index contributed by atoms with van der Waals surface area (Å²) in [7, 11) is 0. The minimum Gasteiger partial charge on any atom is -0.393 e. The van der Waals surface area contributed by atoms with Crippen LogP contribution in [0.3, 0.4) is 0 Å². The molecular weight excluding hydrogens is 268 g/mol. The molecular formula is C16H30N2O3. The number of carbonyl (C=O) groups excluding carboxylic acids is 1. The van der Waals surface area contributed by atoms with E-state index < -0.39 is 0 Å². The highest BCUT2D eigenvalue weighted by molar-refractivity contribution is 5.77. The Kier molecular flexibility index (Phi) is 7.47. The van der Waals surface area contributed by atoms with Crippen LogP contribution in [0, 0.1) is 0 Å². The van der Waals surface area contributed by atoms with Gasteiger partial charge in [0.2, 0.25) is 5.91 Å². The minimum absolute atomic E-state index is 0.0871. The van der Waals surface area contributed by atoms with Crippen molar-refractivity contribution in [1.82, 2.24) is 10.2 Å². The first kappa shape index (κ1) is 16.7. The molecule has 0 aromatic carbocycles. The number of hydrogen-bond acceptors (Lipinski definition) is 4. The van der Waals surface area contributed by atoms with E-state index in [2.05, 4.69) is 10.2 Å². The maximum Gasteiger partial charge on any atom is 0.234 e. The number of nitrogens with one attached hydrogen (secondary N) is 1. The van der Waals surface area contributed by atoms with E-state index in [9.17, 15) is 9.90 Å². The van der Waals surface area contributed by atoms with Gasteiger partial charge in [0.25, 0.3) is 0 Å². The molecule has 2 N–H and O–H groups in total. The Morgan fingerprint density at radius 1 is 1.14 bits per heavy atom. The van der Waals surface area contributed by atoms with Crippen LogP contribution in [-0.2, 0) is 9.53 Å². The van der Waals surface area contributed by atoms with Gasteiger partial charge in [-0.3, -0.25) is 9.69 Å². The molecule has 0 unspecified atom stereocenters. The lowest BCUT2D eigenvalue weighted by atomic mass is 9.98. The highest BCUT2D eigenvalue weighted by Gasteiger charge is 2.18. The summed E-state index contributed by atoms with van der Waals surface area (Å²) in [6.45, 7) is 3.54. The molecule has 0 aromatic heterocycles. The molecule has 0 spiro atoms. The maximum absolute atomic E-state index is 11.8. The van der Waals surface area contributed by atoms with E-state index >= 15 is 0 Å². The second-order valence-electron chi connectivity index (χ2n) is 6.34. The summed E-state index contributed by atoms with van der Waals surface area (Å²) in [6.07, 6.45) is 9.07. The molecule has 122 valence electrons. The van der Waals surface area contributed by atoms with Gasteiger partial charge in [0, 0.05) is 26.2 Å². The molecule has 1 saturated heterocycles. The lowest BCUT2D eigenvalue weighted by Crippen LogP contribution is -2.42. The molecule has 1 amide bonds. The van der Waals surface area contributed by atoms with Crippen molar-refractivity contribution in [1.29, 1.82) is 0 Å². The van der Waals surface area contributed by atoms with E-state index in [-0.39, 0.29) is 12.0 Å². The van der Waals surface area contributed by atoms with E-state index in [0.29, 0.717) is 19.2 Å². The molecule has 0 radical (unpaired) electrons. The van der Waals surface area contributed by atoms with Crippen molar-refractivity contribution in [2.24, 2.45) is 0 Å². The van der Waals surface area contributed by atoms with Crippen LogP contribution in [0.4, 0.5) is 0 Å². The number of hydrogen-bond donors (Lipinski definition) is 2. The number of aliphatic hydroxyl groups is 1. The summed E-state index contributed by atoms with van der Waals surface area (Å²) in [5.41, 5.74) is 0. The Bertz CT molecular complexity index is 298. The maximum atomic E-state index is 11.8. The van der Waals surface area contributed by atoms with Crippen LogP contribution in [0.15, 0.2) is 0 Å². The summed E-state index contributed by atoms with van der Waals surface area (Å²) in [5, 5.41) is 12.4. The molecule has 21 heavy (non-hydrogen) atoms. The standard InChI is InChI=1S/C16H30N2O3/c19-14-7-10-18(11-8-14)13-16(20)17-9-4-12-21-15-5-2-1-3-6-15/h14-15,19H,1-13H2,(H,17,20). The fraction of sp³-hybridized carbons (Fsp3) is 0.938. The van der Waals surface area contributed by atoms with E-state index in [0.717, 1.165) is 39.0 Å². The van der Waals surface area contributed by atoms with E-state index in [4.69, 9.17) is 4.74 Å². The van der Waals surface area contributed by atoms with Gasteiger partial charge >= 0.3 is 0 Å². The van der Waals surface area contributed by atoms with E-state index in [1.54, 1.807) is 0 Å². The molecule has 2 rings (SSSR count). The Hall–Kier alpha value is -0.650. The van der Waals surface area contributed by atoms with Crippen LogP contribution in [-0.4, -0.2) is 60.9 Å². The van der Waals surface area contributed by atoms with Crippen molar-refractivity contribution in [2.75, 3.05) is 32.8 Å². The monoisotopic (exact) mass is 298 g/mol. The molecule has 5 heteroatoms. The molecule has 0 atom stereocenters. The number of likely N-dealkylation sites (tertiary alicyclic amines) is 1. The van der Waals surface area contributed by atoms with Crippen molar-refractivity contribution in [3.8, 4) is 0 Å². The molecule has 1 aliphatic carbocycles. The van der Waals surface area contributed by atoms with Gasteiger partial charge in [-0.15, -0.1) is 0 Å². The van der Waals surface area contributed by atoms with E-state index in [1.807, 2.05) is 0 Å². The first-order valence-corrected chi connectivity index (χ1v) is 8.53. The van der Waals surface area contributed by atoms with Gasteiger partial charge < -0.3 is 15.2 Å². The first-order chi connectivity index (χ1) is 10.2. The average molecular weight is 298 g/mol. The molecule has 1 saturated carbocycles. The van der Waals surface area contributed by atoms with Gasteiger partial charge in [-0.2, -0.15) is 0 Å². The second kappa shape index (κ2) is 9.38. The normalized spacial score (nSPS) is 22.3. The number of carbonyl (C=O) groups is 1. The number of nitrogens with zero attached hydrogens (tertiary/aromatic N) is 1. The third-order valence-corrected chi connectivity index (χ3v) is 4.47. The van der Waals surface area contributed by atoms with Gasteiger partial charge in [-0.25, -0.2) is 0 Å². The highest BCUT2D eigenvalue weighted by Crippen LogP contribution is 2.20. The second-order valence-corrected chi connectivity index (χ2v) is 6.34. The van der Waals surface area contributed by atoms with Gasteiger partial charge in [0.15, 0.2) is 0 Å². The van der Waals surface area contributed by atoms with Crippen molar-refractivity contribution in [3.05, 3.63) is 0 Å². The van der Waals surface area contributed by atoms with Crippen molar-refractivity contribution < 1.29 is 14.6 Å². The quantitative estimate of drug-likeness (QED) is 0.696. The molecule has 0 aromatic rings. The number of rotatable bonds is 7. The van der Waals surface area contributed by atoms with Gasteiger partial charge in [0.05, 0.1) is 18.8 Å². The lowest BCUT2D eigenvalue weighted by molar-refractivity contribution is -0.122. The summed E-state index contributed by atoms with van der Waals surface area (Å²) in [6, 6.07) is 0. The van der Waals surface area contributed by atoms with Gasteiger partial charge in [-0.05, 0) is 32.1 Å². The third kappa shape index (κ3) is 6.76. The van der Waals surface area contributed by atoms with Gasteiger partial charge in [-0.1, -0.05) is 19.3 Å². The zero-order chi connectivity index (χ0) is 14.9. The van der Waals surface area contributed by atoms with Crippen LogP contribution < -0.4 is 5.32 Å². The summed E-state index contributed by atoms with van der Waals surface area (Å²) in [4.78, 5) is 13.9. The predicted molar refractivity (Wildman–Crippen MR) is 82.1 cm³/mol. The molecule has 0 bridgehead atoms. The zero-order valence-electron chi connectivity index (χ0n) is 13.1. The fourth-order valence-corrected chi connectivity index (χ4v) is 3.12. The minimum atomic E-state index is -0.179.